The van der Waals surface area contributed by atoms with Crippen LogP contribution in [0.2, 0.25) is 0 Å². The summed E-state index contributed by atoms with van der Waals surface area (Å²) in [6, 6.07) is 5.63. The van der Waals surface area contributed by atoms with Gasteiger partial charge in [-0.3, -0.25) is 4.98 Å². The Morgan fingerprint density at radius 2 is 1.89 bits per heavy atom. The van der Waals surface area contributed by atoms with Crippen LogP contribution in [-0.4, -0.2) is 15.1 Å². The van der Waals surface area contributed by atoms with Crippen molar-refractivity contribution < 1.29 is 4.52 Å². The van der Waals surface area contributed by atoms with Crippen molar-refractivity contribution in [3.05, 3.63) is 30.3 Å². The molecule has 0 radical (unpaired) electrons. The lowest BCUT2D eigenvalue weighted by Crippen LogP contribution is -2.36. The maximum atomic E-state index is 6.46. The lowest BCUT2D eigenvalue weighted by Gasteiger charge is -2.22. The van der Waals surface area contributed by atoms with Crippen LogP contribution in [0.25, 0.3) is 11.5 Å². The number of nitrogens with two attached hydrogens (primary N) is 1. The molecule has 19 heavy (non-hydrogen) atoms. The zero-order valence-corrected chi connectivity index (χ0v) is 10.9. The van der Waals surface area contributed by atoms with E-state index in [4.69, 9.17) is 10.3 Å². The van der Waals surface area contributed by atoms with Gasteiger partial charge in [0.05, 0.1) is 5.54 Å². The van der Waals surface area contributed by atoms with E-state index < -0.39 is 5.54 Å². The molecule has 0 bridgehead atoms. The van der Waals surface area contributed by atoms with E-state index in [0.29, 0.717) is 11.7 Å². The van der Waals surface area contributed by atoms with Gasteiger partial charge in [0, 0.05) is 6.20 Å². The normalized spacial score (nSPS) is 19.0. The molecule has 2 N–H and O–H groups in total. The van der Waals surface area contributed by atoms with E-state index in [1.165, 1.54) is 12.8 Å². The van der Waals surface area contributed by atoms with Gasteiger partial charge in [-0.05, 0) is 25.0 Å². The van der Waals surface area contributed by atoms with Crippen LogP contribution in [0.1, 0.15) is 44.4 Å². The number of aromatic nitrogens is 3. The molecule has 2 heterocycles. The molecule has 1 saturated carbocycles. The van der Waals surface area contributed by atoms with E-state index in [2.05, 4.69) is 15.1 Å². The Morgan fingerprint density at radius 3 is 2.58 bits per heavy atom. The zero-order chi connectivity index (χ0) is 13.1. The molecule has 100 valence electrons. The lowest BCUT2D eigenvalue weighted by molar-refractivity contribution is 0.257. The summed E-state index contributed by atoms with van der Waals surface area (Å²) >= 11 is 0. The van der Waals surface area contributed by atoms with Crippen LogP contribution in [0.4, 0.5) is 0 Å². The lowest BCUT2D eigenvalue weighted by atomic mass is 9.91. The van der Waals surface area contributed by atoms with Crippen molar-refractivity contribution in [3.8, 4) is 11.5 Å². The van der Waals surface area contributed by atoms with Crippen LogP contribution in [-0.2, 0) is 5.54 Å². The Hall–Kier alpha value is -1.75. The Balaban J connectivity index is 1.88. The van der Waals surface area contributed by atoms with Crippen molar-refractivity contribution in [1.82, 2.24) is 15.1 Å². The first-order chi connectivity index (χ1) is 9.28. The molecular weight excluding hydrogens is 240 g/mol. The van der Waals surface area contributed by atoms with Crippen molar-refractivity contribution in [2.24, 2.45) is 5.73 Å². The molecule has 0 aliphatic heterocycles. The zero-order valence-electron chi connectivity index (χ0n) is 10.9. The van der Waals surface area contributed by atoms with Gasteiger partial charge in [0.15, 0.2) is 0 Å². The van der Waals surface area contributed by atoms with Crippen molar-refractivity contribution in [3.63, 3.8) is 0 Å². The van der Waals surface area contributed by atoms with Gasteiger partial charge in [0.25, 0.3) is 0 Å². The third kappa shape index (κ3) is 2.51. The second-order valence-corrected chi connectivity index (χ2v) is 5.21. The summed E-state index contributed by atoms with van der Waals surface area (Å²) in [7, 11) is 0. The summed E-state index contributed by atoms with van der Waals surface area (Å²) in [5.41, 5.74) is 6.71. The number of nitrogens with zero attached hydrogens (tertiary/aromatic N) is 3. The summed E-state index contributed by atoms with van der Waals surface area (Å²) in [5.74, 6) is 1.07. The Kier molecular flexibility index (Phi) is 3.29. The molecule has 0 spiro atoms. The van der Waals surface area contributed by atoms with Crippen LogP contribution in [0.5, 0.6) is 0 Å². The number of rotatable bonds is 2. The topological polar surface area (TPSA) is 77.8 Å². The molecule has 0 unspecified atom stereocenters. The maximum Gasteiger partial charge on any atom is 0.247 e. The van der Waals surface area contributed by atoms with E-state index in [1.54, 1.807) is 6.20 Å². The van der Waals surface area contributed by atoms with Gasteiger partial charge in [-0.2, -0.15) is 4.98 Å². The average molecular weight is 258 g/mol. The minimum Gasteiger partial charge on any atom is -0.337 e. The highest BCUT2D eigenvalue weighted by Crippen LogP contribution is 2.33. The van der Waals surface area contributed by atoms with Gasteiger partial charge in [0.1, 0.15) is 5.69 Å². The molecular formula is C14H18N4O. The standard InChI is InChI=1S/C14H18N4O/c15-14(8-4-1-2-5-9-14)13-17-12(18-19-13)11-7-3-6-10-16-11/h3,6-7,10H,1-2,4-5,8-9,15H2. The largest absolute Gasteiger partial charge is 0.337 e. The van der Waals surface area contributed by atoms with Gasteiger partial charge in [-0.15, -0.1) is 0 Å². The molecule has 2 aromatic rings. The first-order valence-corrected chi connectivity index (χ1v) is 6.82. The predicted molar refractivity (Wildman–Crippen MR) is 71.1 cm³/mol. The highest BCUT2D eigenvalue weighted by Gasteiger charge is 2.34. The summed E-state index contributed by atoms with van der Waals surface area (Å²) in [4.78, 5) is 8.68. The highest BCUT2D eigenvalue weighted by molar-refractivity contribution is 5.47. The van der Waals surface area contributed by atoms with Gasteiger partial charge in [-0.25, -0.2) is 0 Å². The molecule has 5 heteroatoms. The summed E-state index contributed by atoms with van der Waals surface area (Å²) in [5, 5.41) is 4.01. The van der Waals surface area contributed by atoms with E-state index in [0.717, 1.165) is 31.4 Å². The quantitative estimate of drug-likeness (QED) is 0.838. The summed E-state index contributed by atoms with van der Waals surface area (Å²) in [6.07, 6.45) is 8.26. The molecule has 0 amide bonds. The average Bonchev–Trinajstić information content (AvgIpc) is 2.85. The van der Waals surface area contributed by atoms with Gasteiger partial charge >= 0.3 is 0 Å². The van der Waals surface area contributed by atoms with Crippen LogP contribution in [0, 0.1) is 0 Å². The van der Waals surface area contributed by atoms with E-state index in [1.807, 2.05) is 18.2 Å². The monoisotopic (exact) mass is 258 g/mol. The van der Waals surface area contributed by atoms with Gasteiger partial charge < -0.3 is 10.3 Å². The van der Waals surface area contributed by atoms with Crippen molar-refractivity contribution in [1.29, 1.82) is 0 Å². The van der Waals surface area contributed by atoms with Crippen LogP contribution in [0.15, 0.2) is 28.9 Å². The van der Waals surface area contributed by atoms with Crippen LogP contribution < -0.4 is 5.73 Å². The predicted octanol–water partition coefficient (Wildman–Crippen LogP) is 2.64. The fourth-order valence-corrected chi connectivity index (χ4v) is 2.60. The van der Waals surface area contributed by atoms with Gasteiger partial charge in [0.2, 0.25) is 11.7 Å². The second kappa shape index (κ2) is 5.09. The molecule has 0 saturated heterocycles. The molecule has 5 nitrogen and oxygen atoms in total. The summed E-state index contributed by atoms with van der Waals surface area (Å²) < 4.78 is 5.39. The minimum atomic E-state index is -0.462. The van der Waals surface area contributed by atoms with E-state index >= 15 is 0 Å². The van der Waals surface area contributed by atoms with Crippen molar-refractivity contribution >= 4 is 0 Å². The fraction of sp³-hybridized carbons (Fsp3) is 0.500. The first-order valence-electron chi connectivity index (χ1n) is 6.82. The molecule has 3 rings (SSSR count). The fourth-order valence-electron chi connectivity index (χ4n) is 2.60. The molecule has 0 aromatic carbocycles. The summed E-state index contributed by atoms with van der Waals surface area (Å²) in [6.45, 7) is 0. The molecule has 1 fully saturated rings. The Morgan fingerprint density at radius 1 is 1.11 bits per heavy atom. The molecule has 2 aromatic heterocycles. The third-order valence-corrected chi connectivity index (χ3v) is 3.74. The SMILES string of the molecule is NC1(c2nc(-c3ccccn3)no2)CCCCCC1. The van der Waals surface area contributed by atoms with Crippen molar-refractivity contribution in [2.45, 2.75) is 44.1 Å². The first kappa shape index (κ1) is 12.3. The van der Waals surface area contributed by atoms with Crippen molar-refractivity contribution in [2.75, 3.05) is 0 Å². The maximum absolute atomic E-state index is 6.46. The molecule has 1 aliphatic carbocycles. The number of pyridine rings is 1. The third-order valence-electron chi connectivity index (χ3n) is 3.74. The van der Waals surface area contributed by atoms with Crippen LogP contribution in [0.3, 0.4) is 0 Å². The minimum absolute atomic E-state index is 0.462. The van der Waals surface area contributed by atoms with Gasteiger partial charge in [-0.1, -0.05) is 36.9 Å². The van der Waals surface area contributed by atoms with Crippen LogP contribution >= 0.6 is 0 Å². The smallest absolute Gasteiger partial charge is 0.247 e. The number of hydrogen-bond acceptors (Lipinski definition) is 5. The van der Waals surface area contributed by atoms with E-state index in [-0.39, 0.29) is 0 Å². The van der Waals surface area contributed by atoms with E-state index in [9.17, 15) is 0 Å². The molecule has 1 aliphatic rings. The molecule has 0 atom stereocenters. The Labute approximate surface area is 112 Å². The second-order valence-electron chi connectivity index (χ2n) is 5.21. The highest BCUT2D eigenvalue weighted by atomic mass is 16.5. The Bertz CT molecular complexity index is 529. The number of hydrogen-bond donors (Lipinski definition) is 1.